The predicted molar refractivity (Wildman–Crippen MR) is 525 cm³/mol. The molecule has 3 fully saturated rings. The fourth-order valence-electron chi connectivity index (χ4n) is 9.93. The van der Waals surface area contributed by atoms with Crippen molar-refractivity contribution in [3.8, 4) is 0 Å². The molecule has 6 heterocycles. The Morgan fingerprint density at radius 3 is 1.05 bits per heavy atom. The number of carbonyl (C=O) groups is 1. The van der Waals surface area contributed by atoms with Gasteiger partial charge in [-0.25, -0.2) is 0 Å². The molecule has 0 bridgehead atoms. The standard InChI is InChI=1S/C14H17N3.2C13H14N3.C9H10O.C8H8O.C8H9.C7H6O.C7H7.11C2H6.HI.2Y/c1-11-5-6-12-13(16-11)3-2-4-14(12)17-9-7-15-8-10-17;2*1-4-12-11(3-2-6-15-12)13(5-1)16-9-7-14-8-10-16;1-10-8-7-9-5-3-2-4-6-9;9-7-6-8-4-2-1-3-5-8;1-7-4-3-5-8(2)6-7;8-6-7-4-2-1-3-5-7;1-7-5-3-2-4-6-7;11*1-2;;;/h2-6,15H,7-10H2,1H3;2*1-6H,7-10H2;2-8H,1H3;1-7,9H;3-6H,1H2,2H3;1-6H;2-6H,1H2;11*1-2H3;1H;;/q;2*-1;;;-1;;-1;;;;;;;;;;;;;;/b;;;8-7+;7-6+;;;;;;;;;;;;;;;;;. The Kier molecular flexibility index (Phi) is 99.9. The molecule has 3 aromatic heterocycles. The third-order valence-corrected chi connectivity index (χ3v) is 14.5. The second kappa shape index (κ2) is 93.2. The number of methoxy groups -OCH3 is 1. The monoisotopic (exact) mass is 1840 g/mol. The van der Waals surface area contributed by atoms with Crippen LogP contribution in [0.4, 0.5) is 17.1 Å². The third-order valence-electron chi connectivity index (χ3n) is 14.5. The number of aliphatic hydroxyl groups is 1. The van der Waals surface area contributed by atoms with Gasteiger partial charge in [0.2, 0.25) is 0 Å². The van der Waals surface area contributed by atoms with Crippen molar-refractivity contribution >= 4 is 92.2 Å². The first kappa shape index (κ1) is 124. The minimum atomic E-state index is 0. The summed E-state index contributed by atoms with van der Waals surface area (Å²) in [6.07, 6.45) is 10.8. The Balaban J connectivity index is -0.000000187. The number of pyridine rings is 3. The minimum Gasteiger partial charge on any atom is -0.659 e. The number of aryl methyl sites for hydroxylation is 2. The van der Waals surface area contributed by atoms with Gasteiger partial charge < -0.3 is 40.5 Å². The normalized spacial score (nSPS) is 11.0. The SMILES string of the molecule is CC.CC.CC.CC.CC.CC.CC.CC.CC.CC.CC.CO/C=C/c1ccccc1.Cc1ccc2c(N3CCNCC3)cccc2n1.I.O/C=C/c1ccccc1.O=Cc1ccccc1.[CH2-]c1cccc(C)c1.[CH2-]c1ccccc1.[Y].[Y].c1cc(N2CC[N-]CC2)c2cccnc2c1.c1cc(N2CC[N-]CC2)c2cccnc2c1. The molecular weight excluding hydrogens is 1690 g/mol. The Bertz CT molecular complexity index is 3760. The number of rotatable bonds is 7. The van der Waals surface area contributed by atoms with Gasteiger partial charge in [0.1, 0.15) is 6.29 Å². The van der Waals surface area contributed by atoms with E-state index in [2.05, 4.69) is 157 Å². The van der Waals surface area contributed by atoms with E-state index in [1.54, 1.807) is 31.6 Å². The zero-order valence-electron chi connectivity index (χ0n) is 76.4. The summed E-state index contributed by atoms with van der Waals surface area (Å²) in [6, 6.07) is 78.4. The number of ether oxygens (including phenoxy) is 1. The molecule has 116 heavy (non-hydrogen) atoms. The first-order valence-corrected chi connectivity index (χ1v) is 41.8. The van der Waals surface area contributed by atoms with Crippen molar-refractivity contribution in [1.82, 2.24) is 20.3 Å². The summed E-state index contributed by atoms with van der Waals surface area (Å²) < 4.78 is 4.77. The maximum Gasteiger partial charge on any atom is 0.150 e. The number of benzene rings is 8. The minimum absolute atomic E-state index is 0. The summed E-state index contributed by atoms with van der Waals surface area (Å²) in [5.41, 5.74) is 14.6. The molecule has 0 saturated carbocycles. The zero-order chi connectivity index (χ0) is 85.9. The molecule has 0 atom stereocenters. The molecule has 0 unspecified atom stereocenters. The Hall–Kier alpha value is -7.30. The Morgan fingerprint density at radius 2 is 0.724 bits per heavy atom. The second-order valence-corrected chi connectivity index (χ2v) is 21.2. The van der Waals surface area contributed by atoms with Gasteiger partial charge in [-0.2, -0.15) is 49.2 Å². The number of piperazine rings is 3. The number of fused-ring (bicyclic) bond motifs is 3. The number of aliphatic hydroxyl groups excluding tert-OH is 1. The van der Waals surface area contributed by atoms with Crippen LogP contribution in [0.2, 0.25) is 0 Å². The van der Waals surface area contributed by atoms with Crippen LogP contribution in [0.5, 0.6) is 0 Å². The summed E-state index contributed by atoms with van der Waals surface area (Å²) in [6.45, 7) is 67.7. The van der Waals surface area contributed by atoms with E-state index in [1.807, 2.05) is 311 Å². The number of carbonyl (C=O) groups excluding carboxylic acids is 1. The van der Waals surface area contributed by atoms with E-state index >= 15 is 0 Å². The first-order valence-electron chi connectivity index (χ1n) is 41.8. The number of aldehydes is 1. The molecule has 2 N–H and O–H groups in total. The van der Waals surface area contributed by atoms with Gasteiger partial charge in [-0.3, -0.25) is 19.7 Å². The van der Waals surface area contributed by atoms with Crippen LogP contribution < -0.4 is 20.0 Å². The van der Waals surface area contributed by atoms with Gasteiger partial charge >= 0.3 is 0 Å². The van der Waals surface area contributed by atoms with Gasteiger partial charge in [-0.1, -0.05) is 281 Å². The quantitative estimate of drug-likeness (QED) is 0.0687. The average molecular weight is 1850 g/mol. The Labute approximate surface area is 776 Å². The van der Waals surface area contributed by atoms with Crippen molar-refractivity contribution in [2.24, 2.45) is 0 Å². The van der Waals surface area contributed by atoms with Crippen molar-refractivity contribution < 1.29 is 80.1 Å². The molecule has 11 aromatic rings. The van der Waals surface area contributed by atoms with Crippen molar-refractivity contribution in [3.05, 3.63) is 325 Å². The zero-order valence-corrected chi connectivity index (χ0v) is 84.4. The van der Waals surface area contributed by atoms with Crippen LogP contribution in [0.1, 0.15) is 196 Å². The molecule has 0 spiro atoms. The van der Waals surface area contributed by atoms with E-state index in [1.165, 1.54) is 38.8 Å². The molecule has 0 amide bonds. The molecule has 3 aliphatic heterocycles. The van der Waals surface area contributed by atoms with Crippen LogP contribution in [0.3, 0.4) is 0 Å². The molecule has 636 valence electrons. The van der Waals surface area contributed by atoms with Gasteiger partial charge in [-0.05, 0) is 129 Å². The summed E-state index contributed by atoms with van der Waals surface area (Å²) in [7, 11) is 1.64. The number of aromatic nitrogens is 3. The van der Waals surface area contributed by atoms with Gasteiger partial charge in [0.15, 0.2) is 0 Å². The van der Waals surface area contributed by atoms with Crippen LogP contribution >= 0.6 is 24.0 Å². The van der Waals surface area contributed by atoms with Gasteiger partial charge in [0, 0.05) is 148 Å². The molecule has 12 nitrogen and oxygen atoms in total. The van der Waals surface area contributed by atoms with Crippen LogP contribution in [0.15, 0.2) is 262 Å². The molecule has 3 saturated heterocycles. The molecule has 14 rings (SSSR count). The maximum absolute atomic E-state index is 10.0. The molecular formula is C101H152IN9O3Y2-4. The summed E-state index contributed by atoms with van der Waals surface area (Å²) >= 11 is 0. The van der Waals surface area contributed by atoms with E-state index in [0.29, 0.717) is 0 Å². The maximum atomic E-state index is 10.0. The largest absolute Gasteiger partial charge is 0.659 e. The van der Waals surface area contributed by atoms with Gasteiger partial charge in [-0.15, -0.1) is 73.9 Å². The number of nitrogens with one attached hydrogen (secondary N) is 1. The van der Waals surface area contributed by atoms with Gasteiger partial charge in [0.25, 0.3) is 0 Å². The van der Waals surface area contributed by atoms with E-state index < -0.39 is 0 Å². The number of halogens is 1. The average Bonchev–Trinajstić information content (AvgIpc) is 0.809. The molecule has 3 aliphatic rings. The van der Waals surface area contributed by atoms with E-state index in [0.717, 1.165) is 141 Å². The van der Waals surface area contributed by atoms with Crippen molar-refractivity contribution in [2.45, 2.75) is 166 Å². The summed E-state index contributed by atoms with van der Waals surface area (Å²) in [5, 5.41) is 24.2. The Morgan fingerprint density at radius 1 is 0.388 bits per heavy atom. The molecule has 0 aliphatic carbocycles. The van der Waals surface area contributed by atoms with Crippen LogP contribution in [0, 0.1) is 27.7 Å². The molecule has 2 radical (unpaired) electrons. The molecule has 8 aromatic carbocycles. The van der Waals surface area contributed by atoms with Crippen molar-refractivity contribution in [3.63, 3.8) is 0 Å². The first-order chi connectivity index (χ1) is 55.7. The number of anilines is 3. The van der Waals surface area contributed by atoms with E-state index in [9.17, 15) is 4.79 Å². The number of hydrogen-bond donors (Lipinski definition) is 2. The fourth-order valence-corrected chi connectivity index (χ4v) is 9.93. The van der Waals surface area contributed by atoms with Crippen molar-refractivity contribution in [1.29, 1.82) is 0 Å². The number of nitrogens with zero attached hydrogens (tertiary/aromatic N) is 8. The molecule has 15 heteroatoms. The second-order valence-electron chi connectivity index (χ2n) is 21.2. The topological polar surface area (TPSA) is 135 Å². The van der Waals surface area contributed by atoms with Gasteiger partial charge in [0.05, 0.1) is 36.2 Å². The van der Waals surface area contributed by atoms with Crippen LogP contribution in [-0.2, 0) is 70.2 Å². The van der Waals surface area contributed by atoms with Crippen LogP contribution in [0.25, 0.3) is 55.5 Å². The van der Waals surface area contributed by atoms with E-state index in [4.69, 9.17) is 9.84 Å². The predicted octanol–water partition coefficient (Wildman–Crippen LogP) is 28.8. The smallest absolute Gasteiger partial charge is 0.150 e. The van der Waals surface area contributed by atoms with E-state index in [-0.39, 0.29) is 89.4 Å². The number of hydrogen-bond acceptors (Lipinski definition) is 10. The van der Waals surface area contributed by atoms with Crippen molar-refractivity contribution in [2.75, 3.05) is 100 Å². The summed E-state index contributed by atoms with van der Waals surface area (Å²) in [4.78, 5) is 30.6. The fraction of sp³-hybridized carbons (Fsp3) is 0.366. The third kappa shape index (κ3) is 56.9. The summed E-state index contributed by atoms with van der Waals surface area (Å²) in [5.74, 6) is 0. The van der Waals surface area contributed by atoms with Crippen LogP contribution in [-0.4, -0.2) is 112 Å².